The number of rotatable bonds is 2. The number of nitrogens with zero attached hydrogens (tertiary/aromatic N) is 1. The first kappa shape index (κ1) is 15.6. The predicted octanol–water partition coefficient (Wildman–Crippen LogP) is 2.13. The summed E-state index contributed by atoms with van der Waals surface area (Å²) in [6, 6.07) is 6.97. The molecule has 3 unspecified atom stereocenters. The fourth-order valence-electron chi connectivity index (χ4n) is 4.02. The summed E-state index contributed by atoms with van der Waals surface area (Å²) in [6.45, 7) is 3.65. The molecule has 6 heteroatoms. The van der Waals surface area contributed by atoms with Crippen molar-refractivity contribution in [1.82, 2.24) is 10.2 Å². The molecule has 3 aliphatic rings. The zero-order chi connectivity index (χ0) is 16.9. The number of ether oxygens (including phenoxy) is 2. The van der Waals surface area contributed by atoms with E-state index < -0.39 is 0 Å². The first-order valence-corrected chi connectivity index (χ1v) is 8.49. The summed E-state index contributed by atoms with van der Waals surface area (Å²) in [5.74, 6) is 0.946. The van der Waals surface area contributed by atoms with E-state index in [1.807, 2.05) is 4.90 Å². The number of benzene rings is 1. The molecule has 0 saturated carbocycles. The molecule has 5 nitrogen and oxygen atoms in total. The molecule has 24 heavy (non-hydrogen) atoms. The van der Waals surface area contributed by atoms with Gasteiger partial charge in [-0.25, -0.2) is 0 Å². The molecular weight excluding hydrogens is 324 g/mol. The van der Waals surface area contributed by atoms with E-state index in [0.29, 0.717) is 28.9 Å². The highest BCUT2D eigenvalue weighted by molar-refractivity contribution is 7.80. The fraction of sp³-hybridized carbons (Fsp3) is 0.444. The lowest BCUT2D eigenvalue weighted by atomic mass is 9.82. The summed E-state index contributed by atoms with van der Waals surface area (Å²) in [4.78, 5) is 14.4. The van der Waals surface area contributed by atoms with Crippen molar-refractivity contribution in [2.45, 2.75) is 24.5 Å². The molecule has 2 saturated heterocycles. The Labute approximate surface area is 146 Å². The van der Waals surface area contributed by atoms with E-state index in [1.165, 1.54) is 0 Å². The lowest BCUT2D eigenvalue weighted by Crippen LogP contribution is -2.43. The van der Waals surface area contributed by atoms with Gasteiger partial charge in [0.05, 0.1) is 19.3 Å². The molecule has 4 rings (SSSR count). The zero-order valence-electron chi connectivity index (χ0n) is 13.7. The largest absolute Gasteiger partial charge is 0.497 e. The van der Waals surface area contributed by atoms with Gasteiger partial charge in [-0.1, -0.05) is 12.2 Å². The smallest absolute Gasteiger partial charge is 0.257 e. The third-order valence-electron chi connectivity index (χ3n) is 5.22. The zero-order valence-corrected chi connectivity index (χ0v) is 14.6. The summed E-state index contributed by atoms with van der Waals surface area (Å²) < 4.78 is 11.3. The van der Waals surface area contributed by atoms with Gasteiger partial charge in [-0.05, 0) is 49.8 Å². The molecule has 1 aromatic rings. The average molecular weight is 344 g/mol. The van der Waals surface area contributed by atoms with Gasteiger partial charge in [0, 0.05) is 18.0 Å². The molecule has 0 radical (unpaired) electrons. The van der Waals surface area contributed by atoms with Crippen LogP contribution in [0.4, 0.5) is 0 Å². The summed E-state index contributed by atoms with van der Waals surface area (Å²) in [5, 5.41) is 3.29. The lowest BCUT2D eigenvalue weighted by molar-refractivity contribution is -0.0230. The SMILES string of the molecule is COc1ccc(C(=O)NC(=S)N2CC3CC4(C)C=CC3(C2)O4)cc1. The van der Waals surface area contributed by atoms with Crippen LogP contribution in [0.25, 0.3) is 0 Å². The van der Waals surface area contributed by atoms with Crippen LogP contribution < -0.4 is 10.1 Å². The topological polar surface area (TPSA) is 50.8 Å². The van der Waals surface area contributed by atoms with Gasteiger partial charge >= 0.3 is 0 Å². The number of hydrogen-bond acceptors (Lipinski definition) is 4. The molecule has 0 aliphatic carbocycles. The number of nitrogens with one attached hydrogen (secondary N) is 1. The maximum Gasteiger partial charge on any atom is 0.257 e. The molecule has 1 spiro atoms. The van der Waals surface area contributed by atoms with E-state index in [4.69, 9.17) is 21.7 Å². The van der Waals surface area contributed by atoms with Crippen molar-refractivity contribution in [3.8, 4) is 5.75 Å². The number of likely N-dealkylation sites (tertiary alicyclic amines) is 1. The Morgan fingerprint density at radius 2 is 2.12 bits per heavy atom. The predicted molar refractivity (Wildman–Crippen MR) is 94.1 cm³/mol. The molecule has 3 aliphatic heterocycles. The summed E-state index contributed by atoms with van der Waals surface area (Å²) in [5.41, 5.74) is 0.203. The normalized spacial score (nSPS) is 32.8. The van der Waals surface area contributed by atoms with Gasteiger partial charge < -0.3 is 14.4 Å². The van der Waals surface area contributed by atoms with Gasteiger partial charge in [-0.2, -0.15) is 0 Å². The van der Waals surface area contributed by atoms with E-state index in [0.717, 1.165) is 13.0 Å². The highest BCUT2D eigenvalue weighted by Crippen LogP contribution is 2.52. The van der Waals surface area contributed by atoms with Gasteiger partial charge in [0.25, 0.3) is 5.91 Å². The molecule has 1 amide bonds. The van der Waals surface area contributed by atoms with Gasteiger partial charge in [0.15, 0.2) is 5.11 Å². The minimum absolute atomic E-state index is 0.120. The monoisotopic (exact) mass is 344 g/mol. The van der Waals surface area contributed by atoms with Crippen LogP contribution in [0.3, 0.4) is 0 Å². The van der Waals surface area contributed by atoms with Crippen LogP contribution >= 0.6 is 12.2 Å². The molecule has 126 valence electrons. The first-order valence-electron chi connectivity index (χ1n) is 8.08. The summed E-state index contributed by atoms with van der Waals surface area (Å²) in [6.07, 6.45) is 5.34. The van der Waals surface area contributed by atoms with Crippen LogP contribution in [-0.4, -0.2) is 47.3 Å². The third kappa shape index (κ3) is 2.41. The Bertz CT molecular complexity index is 732. The second-order valence-corrected chi connectivity index (χ2v) is 7.36. The molecule has 0 aromatic heterocycles. The first-order chi connectivity index (χ1) is 11.4. The number of carbonyl (C=O) groups is 1. The van der Waals surface area contributed by atoms with Gasteiger partial charge in [0.1, 0.15) is 11.4 Å². The molecular formula is C18H20N2O3S. The van der Waals surface area contributed by atoms with Crippen LogP contribution in [0, 0.1) is 5.92 Å². The quantitative estimate of drug-likeness (QED) is 0.658. The maximum absolute atomic E-state index is 12.4. The van der Waals surface area contributed by atoms with Crippen LogP contribution in [0.5, 0.6) is 5.75 Å². The molecule has 1 N–H and O–H groups in total. The van der Waals surface area contributed by atoms with E-state index in [-0.39, 0.29) is 17.1 Å². The van der Waals surface area contributed by atoms with Crippen LogP contribution in [-0.2, 0) is 4.74 Å². The Balaban J connectivity index is 1.41. The fourth-order valence-corrected chi connectivity index (χ4v) is 4.25. The van der Waals surface area contributed by atoms with Gasteiger partial charge in [-0.15, -0.1) is 0 Å². The second kappa shape index (κ2) is 5.29. The van der Waals surface area contributed by atoms with E-state index in [2.05, 4.69) is 24.4 Å². The number of thiocarbonyl (C=S) groups is 1. The summed E-state index contributed by atoms with van der Waals surface area (Å²) >= 11 is 5.45. The Hall–Kier alpha value is -1.92. The van der Waals surface area contributed by atoms with Crippen LogP contribution in [0.1, 0.15) is 23.7 Å². The maximum atomic E-state index is 12.4. The van der Waals surface area contributed by atoms with Crippen molar-refractivity contribution < 1.29 is 14.3 Å². The minimum atomic E-state index is -0.232. The number of fused-ring (bicyclic) bond motifs is 1. The number of hydrogen-bond donors (Lipinski definition) is 1. The van der Waals surface area contributed by atoms with Crippen molar-refractivity contribution in [2.75, 3.05) is 20.2 Å². The van der Waals surface area contributed by atoms with E-state index in [9.17, 15) is 4.79 Å². The van der Waals surface area contributed by atoms with Crippen molar-refractivity contribution in [3.05, 3.63) is 42.0 Å². The van der Waals surface area contributed by atoms with Crippen molar-refractivity contribution >= 4 is 23.2 Å². The van der Waals surface area contributed by atoms with Crippen molar-refractivity contribution in [1.29, 1.82) is 0 Å². The Kier molecular flexibility index (Phi) is 3.44. The van der Waals surface area contributed by atoms with Gasteiger partial charge in [0.2, 0.25) is 0 Å². The van der Waals surface area contributed by atoms with Crippen LogP contribution in [0.2, 0.25) is 0 Å². The van der Waals surface area contributed by atoms with Gasteiger partial charge in [-0.3, -0.25) is 10.1 Å². The van der Waals surface area contributed by atoms with Crippen molar-refractivity contribution in [3.63, 3.8) is 0 Å². The second-order valence-electron chi connectivity index (χ2n) is 6.97. The number of methoxy groups -OCH3 is 1. The number of amides is 1. The minimum Gasteiger partial charge on any atom is -0.497 e. The third-order valence-corrected chi connectivity index (χ3v) is 5.58. The Morgan fingerprint density at radius 3 is 2.75 bits per heavy atom. The molecule has 2 fully saturated rings. The Morgan fingerprint density at radius 1 is 1.38 bits per heavy atom. The molecule has 1 aromatic carbocycles. The highest BCUT2D eigenvalue weighted by Gasteiger charge is 2.60. The summed E-state index contributed by atoms with van der Waals surface area (Å²) in [7, 11) is 1.60. The average Bonchev–Trinajstić information content (AvgIpc) is 3.17. The number of carbonyl (C=O) groups excluding carboxylic acids is 1. The lowest BCUT2D eigenvalue weighted by Gasteiger charge is -2.25. The highest BCUT2D eigenvalue weighted by atomic mass is 32.1. The molecule has 3 atom stereocenters. The van der Waals surface area contributed by atoms with E-state index >= 15 is 0 Å². The standard InChI is InChI=1S/C18H20N2O3S/c1-17-7-8-18(23-17)11-20(10-13(18)9-17)16(24)19-15(21)12-3-5-14(22-2)6-4-12/h3-8,13H,9-11H2,1-2H3,(H,19,21,24). The molecule has 2 bridgehead atoms. The van der Waals surface area contributed by atoms with E-state index in [1.54, 1.807) is 31.4 Å². The van der Waals surface area contributed by atoms with Crippen LogP contribution in [0.15, 0.2) is 36.4 Å². The molecule has 3 heterocycles. The van der Waals surface area contributed by atoms with Crippen molar-refractivity contribution in [2.24, 2.45) is 5.92 Å².